The molecule has 0 radical (unpaired) electrons. The van der Waals surface area contributed by atoms with Crippen molar-refractivity contribution in [1.29, 1.82) is 0 Å². The summed E-state index contributed by atoms with van der Waals surface area (Å²) in [7, 11) is 3.75. The van der Waals surface area contributed by atoms with Crippen molar-refractivity contribution < 1.29 is 0 Å². The Bertz CT molecular complexity index is 519. The van der Waals surface area contributed by atoms with E-state index in [1.165, 1.54) is 5.56 Å². The van der Waals surface area contributed by atoms with Crippen LogP contribution in [0.15, 0.2) is 40.3 Å². The van der Waals surface area contributed by atoms with Crippen molar-refractivity contribution in [3.63, 3.8) is 0 Å². The maximum absolute atomic E-state index is 4.61. The van der Waals surface area contributed by atoms with E-state index in [1.54, 1.807) is 11.8 Å². The number of hydrogen-bond acceptors (Lipinski definition) is 5. The molecule has 1 atom stereocenters. The monoisotopic (exact) mass is 284 g/mol. The van der Waals surface area contributed by atoms with Gasteiger partial charge in [-0.25, -0.2) is 9.98 Å². The molecule has 0 N–H and O–H groups in total. The Balaban J connectivity index is 1.87. The standard InChI is InChI=1S/C10H8N2S4/c1-13-10-12-9-11-8(14-16(9)15-10)7-5-3-2-4-6-7/h2-6H,1H3. The van der Waals surface area contributed by atoms with Crippen molar-refractivity contribution in [1.82, 2.24) is 0 Å². The van der Waals surface area contributed by atoms with Gasteiger partial charge in [0.25, 0.3) is 0 Å². The van der Waals surface area contributed by atoms with Crippen LogP contribution in [0.4, 0.5) is 0 Å². The molecule has 2 aliphatic heterocycles. The molecule has 0 saturated heterocycles. The molecule has 0 amide bonds. The summed E-state index contributed by atoms with van der Waals surface area (Å²) in [5.74, 6) is 0. The first kappa shape index (κ1) is 11.0. The molecular formula is C10H8N2S4. The summed E-state index contributed by atoms with van der Waals surface area (Å²) in [6.07, 6.45) is 2.06. The van der Waals surface area contributed by atoms with Crippen molar-refractivity contribution in [2.45, 2.75) is 0 Å². The Kier molecular flexibility index (Phi) is 3.15. The molecule has 1 aromatic rings. The van der Waals surface area contributed by atoms with Crippen molar-refractivity contribution >= 4 is 56.4 Å². The highest BCUT2D eigenvalue weighted by Crippen LogP contribution is 2.55. The lowest BCUT2D eigenvalue weighted by molar-refractivity contribution is 1.60. The zero-order valence-corrected chi connectivity index (χ0v) is 11.7. The summed E-state index contributed by atoms with van der Waals surface area (Å²) >= 11 is 1.70. The second kappa shape index (κ2) is 4.60. The molecule has 2 heterocycles. The van der Waals surface area contributed by atoms with Gasteiger partial charge in [-0.2, -0.15) is 0 Å². The van der Waals surface area contributed by atoms with E-state index in [2.05, 4.69) is 28.4 Å². The molecule has 6 heteroatoms. The van der Waals surface area contributed by atoms with E-state index >= 15 is 0 Å². The van der Waals surface area contributed by atoms with E-state index in [1.807, 2.05) is 39.8 Å². The molecule has 2 nitrogen and oxygen atoms in total. The van der Waals surface area contributed by atoms with E-state index in [9.17, 15) is 0 Å². The van der Waals surface area contributed by atoms with E-state index in [0.29, 0.717) is 0 Å². The van der Waals surface area contributed by atoms with Gasteiger partial charge in [0, 0.05) is 5.56 Å². The van der Waals surface area contributed by atoms with Crippen LogP contribution in [0.1, 0.15) is 5.56 Å². The van der Waals surface area contributed by atoms with Gasteiger partial charge < -0.3 is 0 Å². The minimum absolute atomic E-state index is 0.0933. The Morgan fingerprint density at radius 3 is 2.62 bits per heavy atom. The van der Waals surface area contributed by atoms with E-state index in [0.717, 1.165) is 14.5 Å². The number of benzene rings is 1. The third-order valence-electron chi connectivity index (χ3n) is 2.03. The van der Waals surface area contributed by atoms with Gasteiger partial charge in [-0.15, -0.1) is 11.8 Å². The van der Waals surface area contributed by atoms with Crippen molar-refractivity contribution in [2.75, 3.05) is 6.26 Å². The maximum Gasteiger partial charge on any atom is 0.201 e. The van der Waals surface area contributed by atoms with Gasteiger partial charge in [0.1, 0.15) is 9.42 Å². The first-order valence-corrected chi connectivity index (χ1v) is 9.73. The van der Waals surface area contributed by atoms with Gasteiger partial charge in [0.2, 0.25) is 5.11 Å². The zero-order valence-electron chi connectivity index (χ0n) is 8.41. The fraction of sp³-hybridized carbons (Fsp3) is 0.100. The van der Waals surface area contributed by atoms with Crippen LogP contribution in [0.5, 0.6) is 0 Å². The van der Waals surface area contributed by atoms with Crippen LogP contribution in [-0.2, 0) is 0 Å². The molecule has 16 heavy (non-hydrogen) atoms. The van der Waals surface area contributed by atoms with Gasteiger partial charge in [-0.1, -0.05) is 30.3 Å². The highest BCUT2D eigenvalue weighted by atomic mass is 33.5. The van der Waals surface area contributed by atoms with Gasteiger partial charge in [0.05, 0.1) is 0 Å². The van der Waals surface area contributed by atoms with Crippen LogP contribution in [0.2, 0.25) is 0 Å². The molecule has 1 aromatic carbocycles. The summed E-state index contributed by atoms with van der Waals surface area (Å²) < 4.78 is 1.14. The number of thioether (sulfide) groups is 1. The highest BCUT2D eigenvalue weighted by Gasteiger charge is 2.26. The van der Waals surface area contributed by atoms with Gasteiger partial charge in [0.15, 0.2) is 0 Å². The van der Waals surface area contributed by atoms with Crippen LogP contribution >= 0.6 is 41.9 Å². The summed E-state index contributed by atoms with van der Waals surface area (Å²) in [4.78, 5) is 9.11. The Hall–Kier alpha value is -0.170. The quantitative estimate of drug-likeness (QED) is 0.579. The van der Waals surface area contributed by atoms with Gasteiger partial charge in [-0.3, -0.25) is 0 Å². The highest BCUT2D eigenvalue weighted by molar-refractivity contribution is 9.22. The topological polar surface area (TPSA) is 24.7 Å². The normalized spacial score (nSPS) is 23.1. The molecule has 82 valence electrons. The van der Waals surface area contributed by atoms with Crippen LogP contribution in [0.25, 0.3) is 0 Å². The molecule has 0 fully saturated rings. The molecule has 2 aliphatic rings. The minimum Gasteiger partial charge on any atom is -0.214 e. The first-order valence-electron chi connectivity index (χ1n) is 4.61. The molecule has 0 spiro atoms. The smallest absolute Gasteiger partial charge is 0.201 e. The average molecular weight is 284 g/mol. The third-order valence-corrected chi connectivity index (χ3v) is 9.01. The van der Waals surface area contributed by atoms with E-state index < -0.39 is 0 Å². The Morgan fingerprint density at radius 1 is 1.12 bits per heavy atom. The van der Waals surface area contributed by atoms with Gasteiger partial charge >= 0.3 is 0 Å². The van der Waals surface area contributed by atoms with Crippen LogP contribution in [-0.4, -0.2) is 20.8 Å². The molecule has 0 aromatic heterocycles. The van der Waals surface area contributed by atoms with Gasteiger partial charge in [-0.05, 0) is 36.4 Å². The number of aliphatic imine (C=N–C) groups is 2. The molecule has 0 aliphatic carbocycles. The zero-order chi connectivity index (χ0) is 11.0. The lowest BCUT2D eigenvalue weighted by Gasteiger charge is -2.01. The number of rotatable bonds is 1. The fourth-order valence-corrected chi connectivity index (χ4v) is 8.60. The summed E-state index contributed by atoms with van der Waals surface area (Å²) in [5.41, 5.74) is 1.20. The number of hydrogen-bond donors (Lipinski definition) is 0. The Labute approximate surface area is 108 Å². The van der Waals surface area contributed by atoms with Crippen LogP contribution in [0.3, 0.4) is 0 Å². The van der Waals surface area contributed by atoms with Crippen LogP contribution < -0.4 is 0 Å². The molecule has 3 rings (SSSR count). The second-order valence-electron chi connectivity index (χ2n) is 3.05. The SMILES string of the molecule is CSC1=NC2=S(S1)SC(c1ccccc1)=N2. The fourth-order valence-electron chi connectivity index (χ4n) is 1.30. The predicted molar refractivity (Wildman–Crippen MR) is 81.7 cm³/mol. The lowest BCUT2D eigenvalue weighted by Crippen LogP contribution is -1.93. The van der Waals surface area contributed by atoms with Crippen molar-refractivity contribution in [2.24, 2.45) is 9.98 Å². The first-order chi connectivity index (χ1) is 7.86. The van der Waals surface area contributed by atoms with Crippen LogP contribution in [0, 0.1) is 0 Å². The summed E-state index contributed by atoms with van der Waals surface area (Å²) in [6.45, 7) is 0. The molecule has 0 saturated carbocycles. The van der Waals surface area contributed by atoms with Crippen molar-refractivity contribution in [3.8, 4) is 0 Å². The largest absolute Gasteiger partial charge is 0.214 e. The molecular weight excluding hydrogens is 276 g/mol. The molecule has 1 unspecified atom stereocenters. The van der Waals surface area contributed by atoms with E-state index in [4.69, 9.17) is 0 Å². The average Bonchev–Trinajstić information content (AvgIpc) is 2.87. The third kappa shape index (κ3) is 1.99. The second-order valence-corrected chi connectivity index (χ2v) is 9.68. The number of nitrogens with zero attached hydrogens (tertiary/aromatic N) is 2. The lowest BCUT2D eigenvalue weighted by atomic mass is 10.2. The maximum atomic E-state index is 4.61. The molecule has 0 bridgehead atoms. The predicted octanol–water partition coefficient (Wildman–Crippen LogP) is 3.83. The summed E-state index contributed by atoms with van der Waals surface area (Å²) in [5, 5.41) is 2.11. The Morgan fingerprint density at radius 2 is 1.94 bits per heavy atom. The minimum atomic E-state index is 0.0933. The van der Waals surface area contributed by atoms with E-state index in [-0.39, 0.29) is 8.55 Å². The van der Waals surface area contributed by atoms with Crippen molar-refractivity contribution in [3.05, 3.63) is 35.9 Å². The summed E-state index contributed by atoms with van der Waals surface area (Å²) in [6, 6.07) is 10.3.